The van der Waals surface area contributed by atoms with Crippen molar-refractivity contribution < 1.29 is 14.7 Å². The molecule has 11 heteroatoms. The van der Waals surface area contributed by atoms with Gasteiger partial charge in [0.1, 0.15) is 17.4 Å². The fourth-order valence-electron chi connectivity index (χ4n) is 3.47. The van der Waals surface area contributed by atoms with Crippen molar-refractivity contribution in [1.82, 2.24) is 4.98 Å². The maximum atomic E-state index is 12.5. The number of benzene rings is 2. The standard InChI is InChI=1S/C25H18Cl2N4O5/c26-16-11-28-12-17(27)19(16)24(34)30-15-8-6-13(7-9-15)10-18(25(35)36)31-21-20(22(32)23(21)33)29-14-4-2-1-3-5-14/h1-9,11-12,18,29,31H,10H2,(H,30,34)(H,35,36)/t18-/m0/s1. The molecule has 4 N–H and O–H groups in total. The van der Waals surface area contributed by atoms with Crippen LogP contribution in [0.1, 0.15) is 15.9 Å². The molecule has 0 fully saturated rings. The van der Waals surface area contributed by atoms with Crippen molar-refractivity contribution in [3.05, 3.63) is 109 Å². The highest BCUT2D eigenvalue weighted by Gasteiger charge is 2.27. The molecular formula is C25H18Cl2N4O5. The Labute approximate surface area is 214 Å². The second-order valence-corrected chi connectivity index (χ2v) is 8.58. The topological polar surface area (TPSA) is 137 Å². The summed E-state index contributed by atoms with van der Waals surface area (Å²) in [7, 11) is 0. The maximum absolute atomic E-state index is 12.5. The van der Waals surface area contributed by atoms with E-state index in [4.69, 9.17) is 23.2 Å². The zero-order valence-electron chi connectivity index (χ0n) is 18.4. The molecule has 0 aliphatic heterocycles. The summed E-state index contributed by atoms with van der Waals surface area (Å²) in [5.41, 5.74) is 0.154. The molecule has 0 aliphatic carbocycles. The molecule has 4 rings (SSSR count). The third-order valence-electron chi connectivity index (χ3n) is 5.30. The van der Waals surface area contributed by atoms with Gasteiger partial charge in [-0.15, -0.1) is 0 Å². The minimum absolute atomic E-state index is 0.00909. The molecule has 0 saturated carbocycles. The first kappa shape index (κ1) is 24.9. The van der Waals surface area contributed by atoms with Gasteiger partial charge in [-0.25, -0.2) is 4.79 Å². The van der Waals surface area contributed by atoms with E-state index in [-0.39, 0.29) is 33.4 Å². The second kappa shape index (κ2) is 10.6. The van der Waals surface area contributed by atoms with Gasteiger partial charge in [0.05, 0.1) is 15.6 Å². The first-order valence-electron chi connectivity index (χ1n) is 10.6. The summed E-state index contributed by atoms with van der Waals surface area (Å²) in [6.07, 6.45) is 2.62. The van der Waals surface area contributed by atoms with Gasteiger partial charge in [-0.05, 0) is 29.8 Å². The Bertz CT molecular complexity index is 1480. The lowest BCUT2D eigenvalue weighted by molar-refractivity contribution is -0.137. The van der Waals surface area contributed by atoms with Crippen LogP contribution in [0.25, 0.3) is 0 Å². The third-order valence-corrected chi connectivity index (χ3v) is 5.88. The minimum atomic E-state index is -1.20. The Morgan fingerprint density at radius 2 is 1.47 bits per heavy atom. The number of carboxylic acids is 1. The van der Waals surface area contributed by atoms with E-state index in [1.54, 1.807) is 54.6 Å². The molecule has 1 amide bonds. The Morgan fingerprint density at radius 3 is 2.08 bits per heavy atom. The summed E-state index contributed by atoms with van der Waals surface area (Å²) in [6.45, 7) is 0. The number of hydrogen-bond acceptors (Lipinski definition) is 7. The van der Waals surface area contributed by atoms with Gasteiger partial charge in [0.25, 0.3) is 16.8 Å². The van der Waals surface area contributed by atoms with Gasteiger partial charge in [-0.1, -0.05) is 53.5 Å². The molecule has 1 aromatic heterocycles. The molecule has 182 valence electrons. The number of nitrogens with zero attached hydrogens (tertiary/aromatic N) is 1. The van der Waals surface area contributed by atoms with Gasteiger partial charge in [0.2, 0.25) is 0 Å². The number of rotatable bonds is 9. The molecule has 3 aromatic carbocycles. The second-order valence-electron chi connectivity index (χ2n) is 7.77. The van der Waals surface area contributed by atoms with Gasteiger partial charge in [0, 0.05) is 30.2 Å². The highest BCUT2D eigenvalue weighted by atomic mass is 35.5. The molecule has 0 bridgehead atoms. The van der Waals surface area contributed by atoms with Crippen molar-refractivity contribution in [2.24, 2.45) is 0 Å². The van der Waals surface area contributed by atoms with Gasteiger partial charge >= 0.3 is 5.97 Å². The zero-order valence-corrected chi connectivity index (χ0v) is 19.9. The van der Waals surface area contributed by atoms with Gasteiger partial charge < -0.3 is 21.1 Å². The van der Waals surface area contributed by atoms with Crippen LogP contribution in [-0.4, -0.2) is 28.0 Å². The van der Waals surface area contributed by atoms with Gasteiger partial charge in [-0.3, -0.25) is 19.4 Å². The van der Waals surface area contributed by atoms with Crippen molar-refractivity contribution in [3.63, 3.8) is 0 Å². The molecular weight excluding hydrogens is 507 g/mol. The smallest absolute Gasteiger partial charge is 0.326 e. The van der Waals surface area contributed by atoms with E-state index in [2.05, 4.69) is 20.9 Å². The molecule has 1 atom stereocenters. The van der Waals surface area contributed by atoms with Crippen LogP contribution in [0.3, 0.4) is 0 Å². The van der Waals surface area contributed by atoms with Crippen LogP contribution in [0.2, 0.25) is 10.0 Å². The summed E-state index contributed by atoms with van der Waals surface area (Å²) >= 11 is 12.0. The Hall–Kier alpha value is -4.21. The quantitative estimate of drug-likeness (QED) is 0.240. The number of nitrogens with one attached hydrogen (secondary N) is 3. The predicted molar refractivity (Wildman–Crippen MR) is 138 cm³/mol. The summed E-state index contributed by atoms with van der Waals surface area (Å²) in [5.74, 6) is -1.73. The monoisotopic (exact) mass is 524 g/mol. The summed E-state index contributed by atoms with van der Waals surface area (Å²) < 4.78 is 0. The first-order valence-corrected chi connectivity index (χ1v) is 11.3. The number of para-hydroxylation sites is 1. The number of anilines is 4. The normalized spacial score (nSPS) is 11.6. The van der Waals surface area contributed by atoms with Crippen LogP contribution in [-0.2, 0) is 11.2 Å². The van der Waals surface area contributed by atoms with E-state index < -0.39 is 28.8 Å². The SMILES string of the molecule is O=C(Nc1ccc(C[C@H](Nc2c(Nc3ccccc3)c(=O)c2=O)C(=O)O)cc1)c1c(Cl)cncc1Cl. The fourth-order valence-corrected chi connectivity index (χ4v) is 4.01. The number of aliphatic carboxylic acids is 1. The first-order chi connectivity index (χ1) is 17.2. The average molecular weight is 525 g/mol. The highest BCUT2D eigenvalue weighted by Crippen LogP contribution is 2.25. The lowest BCUT2D eigenvalue weighted by Crippen LogP contribution is -2.42. The molecule has 9 nitrogen and oxygen atoms in total. The van der Waals surface area contributed by atoms with E-state index in [1.807, 2.05) is 0 Å². The summed E-state index contributed by atoms with van der Waals surface area (Å²) in [6, 6.07) is 14.0. The van der Waals surface area contributed by atoms with E-state index in [1.165, 1.54) is 12.4 Å². The molecule has 0 unspecified atom stereocenters. The van der Waals surface area contributed by atoms with Crippen molar-refractivity contribution in [3.8, 4) is 0 Å². The fraction of sp³-hybridized carbons (Fsp3) is 0.0800. The van der Waals surface area contributed by atoms with Crippen LogP contribution in [0, 0.1) is 0 Å². The third kappa shape index (κ3) is 5.37. The molecule has 4 aromatic rings. The molecule has 1 heterocycles. The number of aromatic nitrogens is 1. The Kier molecular flexibility index (Phi) is 7.33. The summed E-state index contributed by atoms with van der Waals surface area (Å²) in [5, 5.41) is 18.1. The number of amides is 1. The van der Waals surface area contributed by atoms with Crippen LogP contribution < -0.4 is 26.8 Å². The largest absolute Gasteiger partial charge is 0.480 e. The van der Waals surface area contributed by atoms with Crippen LogP contribution >= 0.6 is 23.2 Å². The zero-order chi connectivity index (χ0) is 25.8. The van der Waals surface area contributed by atoms with Crippen LogP contribution in [0.15, 0.2) is 76.6 Å². The Balaban J connectivity index is 1.45. The molecule has 0 saturated heterocycles. The van der Waals surface area contributed by atoms with Crippen molar-refractivity contribution >= 4 is 57.8 Å². The highest BCUT2D eigenvalue weighted by molar-refractivity contribution is 6.40. The van der Waals surface area contributed by atoms with Gasteiger partial charge in [0.15, 0.2) is 0 Å². The number of carboxylic acid groups (broad SMARTS) is 1. The predicted octanol–water partition coefficient (Wildman–Crippen LogP) is 4.09. The number of pyridine rings is 1. The number of carbonyl (C=O) groups excluding carboxylic acids is 1. The number of halogens is 2. The molecule has 0 aliphatic rings. The lowest BCUT2D eigenvalue weighted by Gasteiger charge is -2.20. The molecule has 36 heavy (non-hydrogen) atoms. The van der Waals surface area contributed by atoms with Crippen molar-refractivity contribution in [1.29, 1.82) is 0 Å². The number of hydrogen-bond donors (Lipinski definition) is 4. The molecule has 0 radical (unpaired) electrons. The van der Waals surface area contributed by atoms with Crippen molar-refractivity contribution in [2.45, 2.75) is 12.5 Å². The lowest BCUT2D eigenvalue weighted by atomic mass is 10.0. The van der Waals surface area contributed by atoms with E-state index in [0.29, 0.717) is 16.9 Å². The maximum Gasteiger partial charge on any atom is 0.326 e. The van der Waals surface area contributed by atoms with Crippen molar-refractivity contribution in [2.75, 3.05) is 16.0 Å². The van der Waals surface area contributed by atoms with Gasteiger partial charge in [-0.2, -0.15) is 0 Å². The minimum Gasteiger partial charge on any atom is -0.480 e. The van der Waals surface area contributed by atoms with E-state index >= 15 is 0 Å². The Morgan fingerprint density at radius 1 is 0.861 bits per heavy atom. The number of carbonyl (C=O) groups is 2. The summed E-state index contributed by atoms with van der Waals surface area (Å²) in [4.78, 5) is 52.4. The van der Waals surface area contributed by atoms with Crippen LogP contribution in [0.4, 0.5) is 22.7 Å². The molecule has 0 spiro atoms. The van der Waals surface area contributed by atoms with E-state index in [0.717, 1.165) is 0 Å². The average Bonchev–Trinajstić information content (AvgIpc) is 2.86. The van der Waals surface area contributed by atoms with Crippen LogP contribution in [0.5, 0.6) is 0 Å². The van der Waals surface area contributed by atoms with E-state index in [9.17, 15) is 24.3 Å².